The van der Waals surface area contributed by atoms with Gasteiger partial charge in [-0.15, -0.1) is 0 Å². The number of rotatable bonds is 5. The minimum Gasteiger partial charge on any atom is -0.345 e. The highest BCUT2D eigenvalue weighted by Gasteiger charge is 2.22. The normalized spacial score (nSPS) is 13.8. The average Bonchev–Trinajstić information content (AvgIpc) is 2.99. The van der Waals surface area contributed by atoms with Crippen LogP contribution in [-0.4, -0.2) is 44.8 Å². The van der Waals surface area contributed by atoms with Gasteiger partial charge in [0.05, 0.1) is 11.7 Å². The molecule has 2 aromatic heterocycles. The van der Waals surface area contributed by atoms with Crippen molar-refractivity contribution in [3.8, 4) is 11.4 Å². The fourth-order valence-corrected chi connectivity index (χ4v) is 3.19. The smallest absolute Gasteiger partial charge is 0.269 e. The van der Waals surface area contributed by atoms with Gasteiger partial charge in [-0.2, -0.15) is 5.10 Å². The number of aromatic nitrogens is 4. The minimum atomic E-state index is -0.129. The molecule has 0 radical (unpaired) electrons. The maximum absolute atomic E-state index is 12.4. The molecule has 144 valence electrons. The number of hydrogen-bond acceptors (Lipinski definition) is 6. The maximum atomic E-state index is 12.4. The molecule has 1 fully saturated rings. The molecule has 3 aromatic rings. The summed E-state index contributed by atoms with van der Waals surface area (Å²) in [5, 5.41) is 13.8. The molecule has 0 bridgehead atoms. The van der Waals surface area contributed by atoms with Crippen LogP contribution < -0.4 is 16.0 Å². The molecular weight excluding hydrogens is 354 g/mol. The first-order valence-corrected chi connectivity index (χ1v) is 9.22. The molecule has 0 unspecified atom stereocenters. The van der Waals surface area contributed by atoms with Crippen LogP contribution >= 0.6 is 0 Å². The van der Waals surface area contributed by atoms with E-state index in [9.17, 15) is 4.79 Å². The first-order valence-electron chi connectivity index (χ1n) is 9.22. The molecule has 3 heterocycles. The van der Waals surface area contributed by atoms with Crippen LogP contribution in [0.5, 0.6) is 0 Å². The van der Waals surface area contributed by atoms with Crippen LogP contribution in [0, 0.1) is 13.8 Å². The Bertz CT molecular complexity index is 1000. The third-order valence-corrected chi connectivity index (χ3v) is 4.62. The van der Waals surface area contributed by atoms with Crippen molar-refractivity contribution in [3.63, 3.8) is 0 Å². The Morgan fingerprint density at radius 3 is 2.57 bits per heavy atom. The lowest BCUT2D eigenvalue weighted by atomic mass is 10.1. The number of carbonyl (C=O) groups excluding carboxylic acids is 1. The Morgan fingerprint density at radius 2 is 1.89 bits per heavy atom. The molecule has 1 amide bonds. The van der Waals surface area contributed by atoms with E-state index in [0.717, 1.165) is 18.8 Å². The minimum absolute atomic E-state index is 0.129. The van der Waals surface area contributed by atoms with Gasteiger partial charge in [0.25, 0.3) is 5.91 Å². The monoisotopic (exact) mass is 377 g/mol. The van der Waals surface area contributed by atoms with Crippen LogP contribution in [0.3, 0.4) is 0 Å². The molecule has 1 aliphatic rings. The van der Waals surface area contributed by atoms with Crippen LogP contribution in [0.25, 0.3) is 11.4 Å². The number of nitrogens with zero attached hydrogens (tertiary/aromatic N) is 4. The zero-order chi connectivity index (χ0) is 19.7. The first-order chi connectivity index (χ1) is 13.5. The number of nitrogens with one attached hydrogen (secondary N) is 3. The van der Waals surface area contributed by atoms with Gasteiger partial charge < -0.3 is 16.0 Å². The third kappa shape index (κ3) is 3.86. The molecule has 3 N–H and O–H groups in total. The van der Waals surface area contributed by atoms with E-state index >= 15 is 0 Å². The largest absolute Gasteiger partial charge is 0.345 e. The van der Waals surface area contributed by atoms with Gasteiger partial charge in [0.1, 0.15) is 11.4 Å². The Kier molecular flexibility index (Phi) is 4.79. The topological polar surface area (TPSA) is 96.8 Å². The van der Waals surface area contributed by atoms with Gasteiger partial charge >= 0.3 is 0 Å². The number of carbonyl (C=O) groups is 1. The lowest BCUT2D eigenvalue weighted by molar-refractivity contribution is 0.0914. The predicted octanol–water partition coefficient (Wildman–Crippen LogP) is 1.94. The third-order valence-electron chi connectivity index (χ3n) is 4.62. The van der Waals surface area contributed by atoms with Crippen LogP contribution in [0.4, 0.5) is 11.6 Å². The summed E-state index contributed by atoms with van der Waals surface area (Å²) < 4.78 is 1.58. The molecule has 0 atom stereocenters. The molecule has 8 nitrogen and oxygen atoms in total. The molecule has 0 saturated carbocycles. The van der Waals surface area contributed by atoms with E-state index in [1.807, 2.05) is 12.1 Å². The van der Waals surface area contributed by atoms with E-state index in [0.29, 0.717) is 23.0 Å². The summed E-state index contributed by atoms with van der Waals surface area (Å²) in [6.45, 7) is 5.71. The summed E-state index contributed by atoms with van der Waals surface area (Å²) in [6, 6.07) is 9.92. The Labute approximate surface area is 163 Å². The van der Waals surface area contributed by atoms with Crippen LogP contribution in [0.2, 0.25) is 0 Å². The number of aryl methyl sites for hydroxylation is 3. The molecule has 1 aliphatic heterocycles. The van der Waals surface area contributed by atoms with Crippen LogP contribution in [0.1, 0.15) is 21.6 Å². The number of amides is 1. The van der Waals surface area contributed by atoms with Crippen molar-refractivity contribution in [1.82, 2.24) is 30.4 Å². The molecule has 28 heavy (non-hydrogen) atoms. The number of benzene rings is 1. The second kappa shape index (κ2) is 7.40. The summed E-state index contributed by atoms with van der Waals surface area (Å²) in [5.74, 6) is 0.357. The fourth-order valence-electron chi connectivity index (χ4n) is 3.19. The van der Waals surface area contributed by atoms with Gasteiger partial charge in [0.15, 0.2) is 0 Å². The molecule has 1 aromatic carbocycles. The van der Waals surface area contributed by atoms with Gasteiger partial charge in [0, 0.05) is 32.0 Å². The lowest BCUT2D eigenvalue weighted by Crippen LogP contribution is -2.57. The highest BCUT2D eigenvalue weighted by atomic mass is 16.2. The zero-order valence-electron chi connectivity index (χ0n) is 16.2. The van der Waals surface area contributed by atoms with E-state index < -0.39 is 0 Å². The predicted molar refractivity (Wildman–Crippen MR) is 108 cm³/mol. The van der Waals surface area contributed by atoms with Gasteiger partial charge in [-0.25, -0.2) is 9.97 Å². The summed E-state index contributed by atoms with van der Waals surface area (Å²) in [6.07, 6.45) is 1.68. The lowest BCUT2D eigenvalue weighted by Gasteiger charge is -2.27. The van der Waals surface area contributed by atoms with Crippen molar-refractivity contribution in [2.75, 3.05) is 18.4 Å². The maximum Gasteiger partial charge on any atom is 0.269 e. The average molecular weight is 377 g/mol. The van der Waals surface area contributed by atoms with Gasteiger partial charge in [-0.05, 0) is 49.2 Å². The highest BCUT2D eigenvalue weighted by molar-refractivity contribution is 5.93. The van der Waals surface area contributed by atoms with Gasteiger partial charge in [-0.1, -0.05) is 6.07 Å². The Balaban J connectivity index is 1.55. The second-order valence-corrected chi connectivity index (χ2v) is 7.13. The summed E-state index contributed by atoms with van der Waals surface area (Å²) in [5.41, 5.74) is 5.06. The fraction of sp³-hybridized carbons (Fsp3) is 0.300. The molecule has 4 rings (SSSR count). The molecule has 0 spiro atoms. The van der Waals surface area contributed by atoms with Crippen LogP contribution in [0.15, 0.2) is 36.5 Å². The number of anilines is 2. The van der Waals surface area contributed by atoms with Crippen molar-refractivity contribution in [2.45, 2.75) is 19.9 Å². The molecule has 1 saturated heterocycles. The van der Waals surface area contributed by atoms with E-state index in [4.69, 9.17) is 0 Å². The van der Waals surface area contributed by atoms with E-state index in [2.05, 4.69) is 50.9 Å². The first kappa shape index (κ1) is 18.1. The summed E-state index contributed by atoms with van der Waals surface area (Å²) >= 11 is 0. The van der Waals surface area contributed by atoms with Crippen molar-refractivity contribution in [2.24, 2.45) is 7.05 Å². The van der Waals surface area contributed by atoms with Crippen molar-refractivity contribution in [1.29, 1.82) is 0 Å². The highest BCUT2D eigenvalue weighted by Crippen LogP contribution is 2.21. The van der Waals surface area contributed by atoms with Crippen LogP contribution in [-0.2, 0) is 7.05 Å². The SMILES string of the molecule is Cc1cc(C)cc(Nc2nccc(-c3cc(C(=O)NC4CNC4)n(C)n3)n2)c1. The standard InChI is InChI=1S/C20H23N7O/c1-12-6-13(2)8-14(7-12)24-20-22-5-4-16(25-20)17-9-18(27(3)26-17)19(28)23-15-10-21-11-15/h4-9,15,21H,10-11H2,1-3H3,(H,23,28)(H,22,24,25). The molecular formula is C20H23N7O. The second-order valence-electron chi connectivity index (χ2n) is 7.13. The van der Waals surface area contributed by atoms with Gasteiger partial charge in [0.2, 0.25) is 5.95 Å². The zero-order valence-corrected chi connectivity index (χ0v) is 16.2. The van der Waals surface area contributed by atoms with E-state index in [-0.39, 0.29) is 11.9 Å². The van der Waals surface area contributed by atoms with Gasteiger partial charge in [-0.3, -0.25) is 9.48 Å². The Morgan fingerprint density at radius 1 is 1.14 bits per heavy atom. The quantitative estimate of drug-likeness (QED) is 0.629. The van der Waals surface area contributed by atoms with E-state index in [1.54, 1.807) is 30.1 Å². The molecule has 0 aliphatic carbocycles. The van der Waals surface area contributed by atoms with Crippen molar-refractivity contribution in [3.05, 3.63) is 53.3 Å². The molecule has 8 heteroatoms. The summed E-state index contributed by atoms with van der Waals surface area (Å²) in [4.78, 5) is 21.3. The van der Waals surface area contributed by atoms with E-state index in [1.165, 1.54) is 11.1 Å². The summed E-state index contributed by atoms with van der Waals surface area (Å²) in [7, 11) is 1.76. The van der Waals surface area contributed by atoms with Crippen molar-refractivity contribution >= 4 is 17.5 Å². The van der Waals surface area contributed by atoms with Crippen molar-refractivity contribution < 1.29 is 4.79 Å². The Hall–Kier alpha value is -3.26. The number of hydrogen-bond donors (Lipinski definition) is 3.